The van der Waals surface area contributed by atoms with Gasteiger partial charge in [0.2, 0.25) is 0 Å². The van der Waals surface area contributed by atoms with E-state index in [2.05, 4.69) is 49.1 Å². The summed E-state index contributed by atoms with van der Waals surface area (Å²) in [6, 6.07) is 11.2. The van der Waals surface area contributed by atoms with E-state index in [1.165, 1.54) is 63.7 Å². The highest BCUT2D eigenvalue weighted by molar-refractivity contribution is 5.26. The highest BCUT2D eigenvalue weighted by Gasteiger charge is 2.39. The summed E-state index contributed by atoms with van der Waals surface area (Å²) in [4.78, 5) is 2.69. The second-order valence-electron chi connectivity index (χ2n) is 7.91. The Morgan fingerprint density at radius 3 is 2.50 bits per heavy atom. The minimum absolute atomic E-state index is 0. The summed E-state index contributed by atoms with van der Waals surface area (Å²) >= 11 is 0. The summed E-state index contributed by atoms with van der Waals surface area (Å²) in [5, 5.41) is 0. The highest BCUT2D eigenvalue weighted by Crippen LogP contribution is 2.42. The van der Waals surface area contributed by atoms with E-state index >= 15 is 0 Å². The molecule has 2 aliphatic heterocycles. The van der Waals surface area contributed by atoms with E-state index < -0.39 is 0 Å². The summed E-state index contributed by atoms with van der Waals surface area (Å²) < 4.78 is 6.09. The molecule has 3 heteroatoms. The lowest BCUT2D eigenvalue weighted by Crippen LogP contribution is -3.00. The first-order valence-corrected chi connectivity index (χ1v) is 9.59. The molecule has 0 saturated carbocycles. The predicted octanol–water partition coefficient (Wildman–Crippen LogP) is 1.64. The Hall–Kier alpha value is -0.570. The van der Waals surface area contributed by atoms with Gasteiger partial charge in [0.1, 0.15) is 0 Å². The molecule has 2 fully saturated rings. The van der Waals surface area contributed by atoms with Crippen LogP contribution in [-0.4, -0.2) is 37.2 Å². The van der Waals surface area contributed by atoms with Gasteiger partial charge in [0, 0.05) is 12.0 Å². The maximum absolute atomic E-state index is 6.09. The van der Waals surface area contributed by atoms with Gasteiger partial charge in [-0.15, -0.1) is 0 Å². The van der Waals surface area contributed by atoms with Gasteiger partial charge in [0.05, 0.1) is 6.10 Å². The molecule has 2 saturated heterocycles. The Morgan fingerprint density at radius 1 is 1.12 bits per heavy atom. The van der Waals surface area contributed by atoms with Gasteiger partial charge in [-0.05, 0) is 63.2 Å². The van der Waals surface area contributed by atoms with Crippen molar-refractivity contribution in [1.29, 1.82) is 0 Å². The van der Waals surface area contributed by atoms with E-state index in [0.717, 1.165) is 6.61 Å². The van der Waals surface area contributed by atoms with Gasteiger partial charge in [0.25, 0.3) is 0 Å². The van der Waals surface area contributed by atoms with Crippen molar-refractivity contribution in [2.24, 2.45) is 5.92 Å². The summed E-state index contributed by atoms with van der Waals surface area (Å²) in [6.45, 7) is 9.37. The topological polar surface area (TPSA) is 12.5 Å². The first-order chi connectivity index (χ1) is 11.2. The number of nitrogens with zero attached hydrogens (tertiary/aromatic N) is 1. The zero-order valence-electron chi connectivity index (χ0n) is 15.3. The molecule has 1 aromatic rings. The van der Waals surface area contributed by atoms with Crippen LogP contribution in [-0.2, 0) is 10.2 Å². The molecule has 0 aromatic heterocycles. The molecule has 2 unspecified atom stereocenters. The molecule has 24 heavy (non-hydrogen) atoms. The van der Waals surface area contributed by atoms with Gasteiger partial charge in [0.15, 0.2) is 0 Å². The summed E-state index contributed by atoms with van der Waals surface area (Å²) in [5.74, 6) is 0.605. The maximum Gasteiger partial charge on any atom is 0.0606 e. The monoisotopic (exact) mass is 350 g/mol. The van der Waals surface area contributed by atoms with Crippen molar-refractivity contribution < 1.29 is 17.1 Å². The number of likely N-dealkylation sites (tertiary alicyclic amines) is 1. The molecule has 0 radical (unpaired) electrons. The molecule has 0 aliphatic carbocycles. The zero-order valence-corrected chi connectivity index (χ0v) is 16.1. The van der Waals surface area contributed by atoms with Gasteiger partial charge in [-0.25, -0.2) is 0 Å². The van der Waals surface area contributed by atoms with Gasteiger partial charge >= 0.3 is 0 Å². The third kappa shape index (κ3) is 4.74. The van der Waals surface area contributed by atoms with Crippen LogP contribution >= 0.6 is 0 Å². The Morgan fingerprint density at radius 2 is 1.83 bits per heavy atom. The van der Waals surface area contributed by atoms with Gasteiger partial charge in [-0.1, -0.05) is 50.6 Å². The molecule has 2 atom stereocenters. The number of hydrogen-bond donors (Lipinski definition) is 0. The van der Waals surface area contributed by atoms with Gasteiger partial charge in [-0.3, -0.25) is 0 Å². The van der Waals surface area contributed by atoms with Crippen LogP contribution in [0.2, 0.25) is 0 Å². The molecule has 2 aliphatic rings. The van der Waals surface area contributed by atoms with Crippen LogP contribution < -0.4 is 12.4 Å². The quantitative estimate of drug-likeness (QED) is 0.800. The highest BCUT2D eigenvalue weighted by atomic mass is 35.5. The Kier molecular flexibility index (Phi) is 7.59. The predicted molar refractivity (Wildman–Crippen MR) is 96.8 cm³/mol. The molecule has 2 heterocycles. The third-order valence-corrected chi connectivity index (χ3v) is 5.99. The van der Waals surface area contributed by atoms with Gasteiger partial charge in [-0.2, -0.15) is 0 Å². The largest absolute Gasteiger partial charge is 1.00 e. The van der Waals surface area contributed by atoms with Crippen molar-refractivity contribution in [3.63, 3.8) is 0 Å². The molecule has 3 rings (SSSR count). The van der Waals surface area contributed by atoms with Crippen LogP contribution in [0.25, 0.3) is 0 Å². The number of piperidine rings is 1. The Labute approximate surface area is 154 Å². The minimum Gasteiger partial charge on any atom is -1.00 e. The van der Waals surface area contributed by atoms with E-state index in [1.54, 1.807) is 0 Å². The van der Waals surface area contributed by atoms with Gasteiger partial charge < -0.3 is 22.0 Å². The van der Waals surface area contributed by atoms with Crippen LogP contribution in [0.5, 0.6) is 0 Å². The second kappa shape index (κ2) is 9.22. The molecule has 0 amide bonds. The van der Waals surface area contributed by atoms with E-state index in [-0.39, 0.29) is 12.4 Å². The SMILES string of the molecule is CC(C)C1CC(CCN2CCCCC2)(c2ccccc2)CCO1.[Cl-]. The molecule has 136 valence electrons. The first kappa shape index (κ1) is 19.8. The van der Waals surface area contributed by atoms with E-state index in [1.807, 2.05) is 0 Å². The lowest BCUT2D eigenvalue weighted by atomic mass is 9.68. The minimum atomic E-state index is 0. The van der Waals surface area contributed by atoms with Crippen LogP contribution in [0.1, 0.15) is 57.9 Å². The molecular formula is C21H33ClNO-. The van der Waals surface area contributed by atoms with E-state index in [4.69, 9.17) is 4.74 Å². The van der Waals surface area contributed by atoms with Crippen LogP contribution in [0.3, 0.4) is 0 Å². The third-order valence-electron chi connectivity index (χ3n) is 5.99. The molecule has 0 bridgehead atoms. The van der Waals surface area contributed by atoms with E-state index in [0.29, 0.717) is 17.4 Å². The van der Waals surface area contributed by atoms with Crippen molar-refractivity contribution in [1.82, 2.24) is 4.90 Å². The van der Waals surface area contributed by atoms with Crippen molar-refractivity contribution in [3.05, 3.63) is 35.9 Å². The summed E-state index contributed by atoms with van der Waals surface area (Å²) in [6.07, 6.45) is 8.24. The molecular weight excluding hydrogens is 318 g/mol. The Bertz CT molecular complexity index is 472. The fraction of sp³-hybridized carbons (Fsp3) is 0.714. The average Bonchev–Trinajstić information content (AvgIpc) is 2.62. The lowest BCUT2D eigenvalue weighted by molar-refractivity contribution is -0.0489. The normalized spacial score (nSPS) is 28.5. The molecule has 0 N–H and O–H groups in total. The van der Waals surface area contributed by atoms with Crippen LogP contribution in [0.4, 0.5) is 0 Å². The number of ether oxygens (including phenoxy) is 1. The molecule has 1 aromatic carbocycles. The summed E-state index contributed by atoms with van der Waals surface area (Å²) in [5.41, 5.74) is 1.84. The molecule has 2 nitrogen and oxygen atoms in total. The fourth-order valence-electron chi connectivity index (χ4n) is 4.36. The fourth-order valence-corrected chi connectivity index (χ4v) is 4.36. The van der Waals surface area contributed by atoms with Crippen LogP contribution in [0, 0.1) is 5.92 Å². The first-order valence-electron chi connectivity index (χ1n) is 9.59. The number of benzene rings is 1. The van der Waals surface area contributed by atoms with Crippen molar-refractivity contribution in [2.75, 3.05) is 26.2 Å². The number of halogens is 1. The summed E-state index contributed by atoms with van der Waals surface area (Å²) in [7, 11) is 0. The second-order valence-corrected chi connectivity index (χ2v) is 7.91. The van der Waals surface area contributed by atoms with E-state index in [9.17, 15) is 0 Å². The molecule has 0 spiro atoms. The number of hydrogen-bond acceptors (Lipinski definition) is 2. The maximum atomic E-state index is 6.09. The van der Waals surface area contributed by atoms with Crippen molar-refractivity contribution in [2.45, 2.75) is 63.9 Å². The van der Waals surface area contributed by atoms with Crippen molar-refractivity contribution in [3.8, 4) is 0 Å². The average molecular weight is 351 g/mol. The lowest BCUT2D eigenvalue weighted by Gasteiger charge is -2.44. The number of rotatable bonds is 5. The zero-order chi connectivity index (χ0) is 16.1. The van der Waals surface area contributed by atoms with Crippen molar-refractivity contribution >= 4 is 0 Å². The smallest absolute Gasteiger partial charge is 0.0606 e. The standard InChI is InChI=1S/C21H33NO.ClH/c1-18(2)20-17-21(12-16-23-20,19-9-5-3-6-10-19)11-15-22-13-7-4-8-14-22;/h3,5-6,9-10,18,20H,4,7-8,11-17H2,1-2H3;1H/p-1. The van der Waals surface area contributed by atoms with Crippen LogP contribution in [0.15, 0.2) is 30.3 Å². The Balaban J connectivity index is 0.00000208.